The maximum atomic E-state index is 13.0. The number of H-pyrrole nitrogens is 1. The first-order valence-electron chi connectivity index (χ1n) is 9.54. The number of aromatic nitrogens is 2. The number of rotatable bonds is 4. The van der Waals surface area contributed by atoms with Crippen molar-refractivity contribution in [1.29, 1.82) is 0 Å². The Balaban J connectivity index is 1.70. The fourth-order valence-corrected chi connectivity index (χ4v) is 3.75. The van der Waals surface area contributed by atoms with Crippen LogP contribution in [-0.4, -0.2) is 70.7 Å². The molecule has 1 aromatic heterocycles. The van der Waals surface area contributed by atoms with Crippen molar-refractivity contribution in [1.82, 2.24) is 25.3 Å². The van der Waals surface area contributed by atoms with Gasteiger partial charge in [0.1, 0.15) is 6.04 Å². The molecule has 0 radical (unpaired) electrons. The Labute approximate surface area is 158 Å². The number of aromatic amines is 1. The Kier molecular flexibility index (Phi) is 5.98. The first-order chi connectivity index (χ1) is 13.1. The van der Waals surface area contributed by atoms with Gasteiger partial charge in [0.2, 0.25) is 5.91 Å². The van der Waals surface area contributed by atoms with Crippen molar-refractivity contribution < 1.29 is 19.1 Å². The summed E-state index contributed by atoms with van der Waals surface area (Å²) in [6.45, 7) is 4.01. The molecule has 1 saturated heterocycles. The van der Waals surface area contributed by atoms with E-state index < -0.39 is 12.1 Å². The molecule has 1 fully saturated rings. The summed E-state index contributed by atoms with van der Waals surface area (Å²) in [6, 6.07) is -0.483. The number of carbonyl (C=O) groups excluding carboxylic acids is 3. The minimum Gasteiger partial charge on any atom is -0.453 e. The fourth-order valence-electron chi connectivity index (χ4n) is 3.75. The van der Waals surface area contributed by atoms with Crippen LogP contribution >= 0.6 is 0 Å². The van der Waals surface area contributed by atoms with Crippen LogP contribution in [0.3, 0.4) is 0 Å². The normalized spacial score (nSPS) is 19.4. The second-order valence-corrected chi connectivity index (χ2v) is 6.97. The Morgan fingerprint density at radius 1 is 1.30 bits per heavy atom. The largest absolute Gasteiger partial charge is 0.453 e. The predicted molar refractivity (Wildman–Crippen MR) is 97.1 cm³/mol. The summed E-state index contributed by atoms with van der Waals surface area (Å²) in [5.74, 6) is -0.254. The number of nitrogens with zero attached hydrogens (tertiary/aromatic N) is 3. The summed E-state index contributed by atoms with van der Waals surface area (Å²) >= 11 is 0. The second-order valence-electron chi connectivity index (χ2n) is 6.97. The Hall–Kier alpha value is -2.58. The van der Waals surface area contributed by atoms with E-state index in [2.05, 4.69) is 15.5 Å². The average molecular weight is 377 g/mol. The molecule has 0 bridgehead atoms. The van der Waals surface area contributed by atoms with Crippen molar-refractivity contribution in [2.24, 2.45) is 0 Å². The van der Waals surface area contributed by atoms with Crippen LogP contribution in [0.1, 0.15) is 54.4 Å². The van der Waals surface area contributed by atoms with Crippen LogP contribution in [0, 0.1) is 0 Å². The number of amides is 3. The van der Waals surface area contributed by atoms with Gasteiger partial charge in [-0.15, -0.1) is 0 Å². The zero-order chi connectivity index (χ0) is 19.4. The number of hydrogen-bond acceptors (Lipinski definition) is 5. The van der Waals surface area contributed by atoms with Gasteiger partial charge in [0.25, 0.3) is 5.91 Å². The highest BCUT2D eigenvalue weighted by molar-refractivity contribution is 5.94. The molecule has 27 heavy (non-hydrogen) atoms. The van der Waals surface area contributed by atoms with Crippen LogP contribution in [-0.2, 0) is 22.5 Å². The molecule has 0 spiro atoms. The van der Waals surface area contributed by atoms with Crippen LogP contribution in [0.4, 0.5) is 4.79 Å². The smallest absolute Gasteiger partial charge is 0.410 e. The molecule has 0 saturated carbocycles. The van der Waals surface area contributed by atoms with Crippen LogP contribution in [0.15, 0.2) is 0 Å². The Bertz CT molecular complexity index is 717. The number of hydrogen-bond donors (Lipinski definition) is 2. The summed E-state index contributed by atoms with van der Waals surface area (Å²) in [6.07, 6.45) is 3.40. The number of piperidine rings is 1. The van der Waals surface area contributed by atoms with E-state index in [0.717, 1.165) is 30.5 Å². The van der Waals surface area contributed by atoms with Crippen molar-refractivity contribution in [3.8, 4) is 0 Å². The van der Waals surface area contributed by atoms with Gasteiger partial charge in [0.15, 0.2) is 5.69 Å². The number of likely N-dealkylation sites (tertiary alicyclic amines) is 1. The van der Waals surface area contributed by atoms with E-state index in [1.165, 1.54) is 12.0 Å². The van der Waals surface area contributed by atoms with Gasteiger partial charge in [-0.2, -0.15) is 5.10 Å². The number of ether oxygens (including phenoxy) is 1. The molecule has 0 aliphatic carbocycles. The molecule has 2 aliphatic heterocycles. The number of fused-ring (bicyclic) bond motifs is 1. The number of nitrogens with one attached hydrogen (secondary N) is 2. The molecule has 3 heterocycles. The Morgan fingerprint density at radius 3 is 2.85 bits per heavy atom. The van der Waals surface area contributed by atoms with Gasteiger partial charge in [-0.3, -0.25) is 19.6 Å². The molecule has 1 aromatic rings. The molecule has 9 heteroatoms. The third-order valence-electron chi connectivity index (χ3n) is 5.19. The first kappa shape index (κ1) is 19.2. The third-order valence-corrected chi connectivity index (χ3v) is 5.19. The standard InChI is InChI=1S/C18H27N5O4/c1-3-8-19-16(24)15-12-7-10-22(11-13(12)20-21-15)17(25)14-6-4-5-9-23(14)18(26)27-2/h14H,3-11H2,1-2H3,(H,19,24)(H,20,21). The minimum absolute atomic E-state index is 0.0719. The zero-order valence-electron chi connectivity index (χ0n) is 15.9. The molecule has 148 valence electrons. The van der Waals surface area contributed by atoms with E-state index in [4.69, 9.17) is 4.74 Å². The highest BCUT2D eigenvalue weighted by Gasteiger charge is 2.37. The minimum atomic E-state index is -0.483. The lowest BCUT2D eigenvalue weighted by Crippen LogP contribution is -2.53. The lowest BCUT2D eigenvalue weighted by molar-refractivity contribution is -0.138. The number of methoxy groups -OCH3 is 1. The highest BCUT2D eigenvalue weighted by Crippen LogP contribution is 2.25. The molecular weight excluding hydrogens is 350 g/mol. The van der Waals surface area contributed by atoms with Crippen LogP contribution < -0.4 is 5.32 Å². The van der Waals surface area contributed by atoms with Gasteiger partial charge in [0, 0.05) is 25.2 Å². The van der Waals surface area contributed by atoms with E-state index in [1.807, 2.05) is 6.92 Å². The van der Waals surface area contributed by atoms with Gasteiger partial charge in [-0.05, 0) is 32.1 Å². The Morgan fingerprint density at radius 2 is 2.11 bits per heavy atom. The van der Waals surface area contributed by atoms with Gasteiger partial charge >= 0.3 is 6.09 Å². The van der Waals surface area contributed by atoms with Gasteiger partial charge in [0.05, 0.1) is 19.3 Å². The van der Waals surface area contributed by atoms with E-state index >= 15 is 0 Å². The van der Waals surface area contributed by atoms with Crippen molar-refractivity contribution >= 4 is 17.9 Å². The molecule has 0 aromatic carbocycles. The molecule has 3 rings (SSSR count). The summed E-state index contributed by atoms with van der Waals surface area (Å²) in [7, 11) is 1.33. The summed E-state index contributed by atoms with van der Waals surface area (Å²) in [5.41, 5.74) is 2.08. The van der Waals surface area contributed by atoms with Gasteiger partial charge in [-0.1, -0.05) is 6.92 Å². The lowest BCUT2D eigenvalue weighted by atomic mass is 9.99. The first-order valence-corrected chi connectivity index (χ1v) is 9.54. The van der Waals surface area contributed by atoms with Crippen LogP contribution in [0.2, 0.25) is 0 Å². The van der Waals surface area contributed by atoms with E-state index in [-0.39, 0.29) is 11.8 Å². The summed E-state index contributed by atoms with van der Waals surface area (Å²) < 4.78 is 4.83. The number of carbonyl (C=O) groups is 3. The summed E-state index contributed by atoms with van der Waals surface area (Å²) in [5, 5.41) is 9.90. The van der Waals surface area contributed by atoms with E-state index in [9.17, 15) is 14.4 Å². The van der Waals surface area contributed by atoms with Crippen molar-refractivity contribution in [3.63, 3.8) is 0 Å². The quantitative estimate of drug-likeness (QED) is 0.816. The maximum absolute atomic E-state index is 13.0. The summed E-state index contributed by atoms with van der Waals surface area (Å²) in [4.78, 5) is 40.5. The van der Waals surface area contributed by atoms with Gasteiger partial charge < -0.3 is 15.0 Å². The predicted octanol–water partition coefficient (Wildman–Crippen LogP) is 1.06. The van der Waals surface area contributed by atoms with Crippen molar-refractivity contribution in [3.05, 3.63) is 17.0 Å². The van der Waals surface area contributed by atoms with Crippen molar-refractivity contribution in [2.45, 2.75) is 51.6 Å². The van der Waals surface area contributed by atoms with Crippen molar-refractivity contribution in [2.75, 3.05) is 26.7 Å². The van der Waals surface area contributed by atoms with E-state index in [1.54, 1.807) is 4.90 Å². The second kappa shape index (κ2) is 8.41. The average Bonchev–Trinajstić information content (AvgIpc) is 3.14. The fraction of sp³-hybridized carbons (Fsp3) is 0.667. The van der Waals surface area contributed by atoms with Crippen LogP contribution in [0.5, 0.6) is 0 Å². The highest BCUT2D eigenvalue weighted by atomic mass is 16.5. The molecule has 2 aliphatic rings. The molecular formula is C18H27N5O4. The van der Waals surface area contributed by atoms with Crippen LogP contribution in [0.25, 0.3) is 0 Å². The molecule has 3 amide bonds. The van der Waals surface area contributed by atoms with Gasteiger partial charge in [-0.25, -0.2) is 4.79 Å². The maximum Gasteiger partial charge on any atom is 0.410 e. The molecule has 2 N–H and O–H groups in total. The third kappa shape index (κ3) is 3.91. The zero-order valence-corrected chi connectivity index (χ0v) is 15.9. The molecule has 1 atom stereocenters. The molecule has 9 nitrogen and oxygen atoms in total. The molecule has 1 unspecified atom stereocenters. The topological polar surface area (TPSA) is 108 Å². The lowest BCUT2D eigenvalue weighted by Gasteiger charge is -2.37. The monoisotopic (exact) mass is 377 g/mol. The SMILES string of the molecule is CCCNC(=O)c1n[nH]c2c1CCN(C(=O)C1CCCCN1C(=O)OC)C2. The van der Waals surface area contributed by atoms with E-state index in [0.29, 0.717) is 44.7 Å².